The van der Waals surface area contributed by atoms with E-state index in [0.717, 1.165) is 45.0 Å². The molecule has 1 aliphatic rings. The van der Waals surface area contributed by atoms with Crippen LogP contribution in [0.3, 0.4) is 0 Å². The van der Waals surface area contributed by atoms with Crippen molar-refractivity contribution in [2.75, 3.05) is 25.1 Å². The van der Waals surface area contributed by atoms with Crippen LogP contribution < -0.4 is 15.0 Å². The van der Waals surface area contributed by atoms with Crippen LogP contribution in [-0.4, -0.2) is 50.8 Å². The molecule has 0 bridgehead atoms. The Morgan fingerprint density at radius 3 is 2.62 bits per heavy atom. The fourth-order valence-electron chi connectivity index (χ4n) is 3.89. The van der Waals surface area contributed by atoms with Crippen molar-refractivity contribution in [1.29, 1.82) is 0 Å². The third-order valence-corrected chi connectivity index (χ3v) is 6.71. The van der Waals surface area contributed by atoms with Crippen LogP contribution in [0.25, 0.3) is 16.4 Å². The van der Waals surface area contributed by atoms with E-state index in [9.17, 15) is 4.79 Å². The van der Waals surface area contributed by atoms with E-state index in [0.29, 0.717) is 19.6 Å². The zero-order valence-electron chi connectivity index (χ0n) is 19.2. The minimum Gasteiger partial charge on any atom is -0.497 e. The highest BCUT2D eigenvalue weighted by Gasteiger charge is 2.33. The van der Waals surface area contributed by atoms with Crippen molar-refractivity contribution in [3.63, 3.8) is 0 Å². The molecular formula is C24H25N7O2S. The summed E-state index contributed by atoms with van der Waals surface area (Å²) in [6, 6.07) is 11.7. The third-order valence-electron chi connectivity index (χ3n) is 5.77. The molecule has 0 unspecified atom stereocenters. The second-order valence-corrected chi connectivity index (χ2v) is 9.12. The molecule has 0 radical (unpaired) electrons. The summed E-state index contributed by atoms with van der Waals surface area (Å²) in [6.07, 6.45) is 1.54. The second-order valence-electron chi connectivity index (χ2n) is 8.27. The highest BCUT2D eigenvalue weighted by Crippen LogP contribution is 2.27. The number of amides is 1. The van der Waals surface area contributed by atoms with Gasteiger partial charge in [-0.3, -0.25) is 4.79 Å². The number of anilines is 1. The average molecular weight is 476 g/mol. The maximum Gasteiger partial charge on any atom is 0.227 e. The first-order valence-corrected chi connectivity index (χ1v) is 11.9. The maximum absolute atomic E-state index is 12.6. The Kier molecular flexibility index (Phi) is 5.97. The summed E-state index contributed by atoms with van der Waals surface area (Å²) < 4.78 is 7.01. The van der Waals surface area contributed by atoms with Crippen LogP contribution in [-0.2, 0) is 11.3 Å². The number of nitrogens with zero attached hydrogens (tertiary/aromatic N) is 6. The van der Waals surface area contributed by atoms with Gasteiger partial charge in [0.1, 0.15) is 22.9 Å². The van der Waals surface area contributed by atoms with Crippen LogP contribution in [0, 0.1) is 19.8 Å². The number of hydrogen-bond acceptors (Lipinski definition) is 8. The smallest absolute Gasteiger partial charge is 0.227 e. The van der Waals surface area contributed by atoms with Crippen LogP contribution in [0.4, 0.5) is 5.82 Å². The summed E-state index contributed by atoms with van der Waals surface area (Å²) in [5, 5.41) is 10.4. The van der Waals surface area contributed by atoms with Gasteiger partial charge in [-0.25, -0.2) is 19.6 Å². The zero-order valence-corrected chi connectivity index (χ0v) is 20.0. The highest BCUT2D eigenvalue weighted by molar-refractivity contribution is 7.13. The van der Waals surface area contributed by atoms with E-state index < -0.39 is 0 Å². The van der Waals surface area contributed by atoms with Crippen LogP contribution in [0.5, 0.6) is 5.75 Å². The number of methoxy groups -OCH3 is 1. The third kappa shape index (κ3) is 4.49. The predicted molar refractivity (Wildman–Crippen MR) is 130 cm³/mol. The van der Waals surface area contributed by atoms with Gasteiger partial charge in [0.05, 0.1) is 31.0 Å². The van der Waals surface area contributed by atoms with Crippen molar-refractivity contribution in [3.05, 3.63) is 65.2 Å². The van der Waals surface area contributed by atoms with Crippen molar-refractivity contribution in [3.8, 4) is 22.1 Å². The number of ether oxygens (including phenoxy) is 1. The minimum absolute atomic E-state index is 0.0306. The molecule has 1 fully saturated rings. The summed E-state index contributed by atoms with van der Waals surface area (Å²) in [5.41, 5.74) is 3.84. The molecule has 1 aliphatic heterocycles. The van der Waals surface area contributed by atoms with E-state index in [2.05, 4.69) is 30.3 Å². The largest absolute Gasteiger partial charge is 0.497 e. The molecule has 1 N–H and O–H groups in total. The summed E-state index contributed by atoms with van der Waals surface area (Å²) >= 11 is 1.56. The normalized spacial score (nSPS) is 13.6. The fourth-order valence-corrected chi connectivity index (χ4v) is 4.72. The van der Waals surface area contributed by atoms with Gasteiger partial charge in [0, 0.05) is 35.8 Å². The van der Waals surface area contributed by atoms with Gasteiger partial charge in [0.15, 0.2) is 5.82 Å². The van der Waals surface area contributed by atoms with Crippen molar-refractivity contribution < 1.29 is 9.53 Å². The molecule has 34 heavy (non-hydrogen) atoms. The summed E-state index contributed by atoms with van der Waals surface area (Å²) in [5.74, 6) is 2.28. The molecule has 4 heterocycles. The van der Waals surface area contributed by atoms with E-state index in [4.69, 9.17) is 4.74 Å². The Bertz CT molecular complexity index is 1310. The lowest BCUT2D eigenvalue weighted by molar-refractivity contribution is -0.125. The average Bonchev–Trinajstić information content (AvgIpc) is 3.43. The molecule has 4 aromatic rings. The van der Waals surface area contributed by atoms with Crippen LogP contribution >= 0.6 is 11.3 Å². The molecule has 1 aromatic carbocycles. The van der Waals surface area contributed by atoms with Crippen LogP contribution in [0.15, 0.2) is 48.1 Å². The lowest BCUT2D eigenvalue weighted by Gasteiger charge is -2.39. The van der Waals surface area contributed by atoms with Crippen molar-refractivity contribution in [2.24, 2.45) is 5.92 Å². The number of nitrogens with one attached hydrogen (secondary N) is 1. The lowest BCUT2D eigenvalue weighted by atomic mass is 9.99. The minimum atomic E-state index is -0.0770. The number of benzene rings is 1. The lowest BCUT2D eigenvalue weighted by Crippen LogP contribution is -2.54. The first-order valence-electron chi connectivity index (χ1n) is 11.0. The molecule has 1 saturated heterocycles. The SMILES string of the molecule is COc1ccc(-c2nc(CNC(=O)C3CN(c4cc(-n5nc(C)cc5C)ncn4)C3)cs2)cc1. The van der Waals surface area contributed by atoms with E-state index in [1.54, 1.807) is 23.1 Å². The maximum atomic E-state index is 12.6. The van der Waals surface area contributed by atoms with Gasteiger partial charge in [-0.2, -0.15) is 5.10 Å². The van der Waals surface area contributed by atoms with E-state index >= 15 is 0 Å². The Morgan fingerprint density at radius 1 is 1.15 bits per heavy atom. The Hall–Kier alpha value is -3.79. The van der Waals surface area contributed by atoms with Gasteiger partial charge in [-0.1, -0.05) is 0 Å². The van der Waals surface area contributed by atoms with Crippen LogP contribution in [0.2, 0.25) is 0 Å². The topological polar surface area (TPSA) is 98.1 Å². The van der Waals surface area contributed by atoms with Gasteiger partial charge in [0.25, 0.3) is 0 Å². The van der Waals surface area contributed by atoms with Gasteiger partial charge >= 0.3 is 0 Å². The Balaban J connectivity index is 1.15. The number of thiazole rings is 1. The standard InChI is InChI=1S/C24H25N7O2S/c1-15-8-16(2)31(29-15)22-9-21(26-14-27-22)30-11-18(12-30)23(32)25-10-19-13-34-24(28-19)17-4-6-20(33-3)7-5-17/h4-9,13-14,18H,10-12H2,1-3H3,(H,25,32). The molecular weight excluding hydrogens is 450 g/mol. The molecule has 1 amide bonds. The summed E-state index contributed by atoms with van der Waals surface area (Å²) in [4.78, 5) is 28.1. The Morgan fingerprint density at radius 2 is 1.91 bits per heavy atom. The number of rotatable bonds is 7. The first kappa shape index (κ1) is 22.0. The molecule has 3 aromatic heterocycles. The molecule has 5 rings (SSSR count). The molecule has 0 atom stereocenters. The molecule has 0 saturated carbocycles. The molecule has 10 heteroatoms. The molecule has 174 valence electrons. The van der Waals surface area contributed by atoms with E-state index in [1.807, 2.05) is 55.6 Å². The van der Waals surface area contributed by atoms with Gasteiger partial charge in [-0.05, 0) is 44.2 Å². The quantitative estimate of drug-likeness (QED) is 0.438. The number of hydrogen-bond donors (Lipinski definition) is 1. The second kappa shape index (κ2) is 9.22. The van der Waals surface area contributed by atoms with E-state index in [-0.39, 0.29) is 11.8 Å². The van der Waals surface area contributed by atoms with Crippen molar-refractivity contribution in [1.82, 2.24) is 30.0 Å². The number of aromatic nitrogens is 5. The first-order chi connectivity index (χ1) is 16.5. The van der Waals surface area contributed by atoms with Crippen molar-refractivity contribution in [2.45, 2.75) is 20.4 Å². The number of aryl methyl sites for hydroxylation is 2. The van der Waals surface area contributed by atoms with Gasteiger partial charge in [0.2, 0.25) is 5.91 Å². The van der Waals surface area contributed by atoms with Crippen LogP contribution in [0.1, 0.15) is 17.1 Å². The van der Waals surface area contributed by atoms with Gasteiger partial charge < -0.3 is 15.0 Å². The van der Waals surface area contributed by atoms with Gasteiger partial charge in [-0.15, -0.1) is 11.3 Å². The number of carbonyl (C=O) groups is 1. The fraction of sp³-hybridized carbons (Fsp3) is 0.292. The van der Waals surface area contributed by atoms with Crippen molar-refractivity contribution >= 4 is 23.1 Å². The molecule has 9 nitrogen and oxygen atoms in total. The van der Waals surface area contributed by atoms with E-state index in [1.165, 1.54) is 6.33 Å². The molecule has 0 aliphatic carbocycles. The highest BCUT2D eigenvalue weighted by atomic mass is 32.1. The summed E-state index contributed by atoms with van der Waals surface area (Å²) in [6.45, 7) is 5.60. The monoisotopic (exact) mass is 475 g/mol. The predicted octanol–water partition coefficient (Wildman–Crippen LogP) is 3.16. The Labute approximate surface area is 201 Å². The number of carbonyl (C=O) groups excluding carboxylic acids is 1. The molecule has 0 spiro atoms. The zero-order chi connectivity index (χ0) is 23.7. The summed E-state index contributed by atoms with van der Waals surface area (Å²) in [7, 11) is 1.65.